The first-order valence-corrected chi connectivity index (χ1v) is 6.81. The molecule has 0 aliphatic carbocycles. The first-order valence-electron chi connectivity index (χ1n) is 6.06. The summed E-state index contributed by atoms with van der Waals surface area (Å²) in [6.07, 6.45) is 0. The highest BCUT2D eigenvalue weighted by Gasteiger charge is 2.22. The second-order valence-corrected chi connectivity index (χ2v) is 5.12. The van der Waals surface area contributed by atoms with Crippen molar-refractivity contribution in [3.05, 3.63) is 63.9 Å². The van der Waals surface area contributed by atoms with Gasteiger partial charge < -0.3 is 10.1 Å². The zero-order valence-corrected chi connectivity index (χ0v) is 12.6. The van der Waals surface area contributed by atoms with Crippen molar-refractivity contribution in [3.63, 3.8) is 0 Å². The lowest BCUT2D eigenvalue weighted by molar-refractivity contribution is -0.141. The molecule has 6 heteroatoms. The van der Waals surface area contributed by atoms with Crippen molar-refractivity contribution in [1.29, 1.82) is 0 Å². The SMILES string of the molecule is COC(=O)C(Nc1ccc(Cl)cc1)c1ccc(F)c(Cl)c1. The third-order valence-corrected chi connectivity index (χ3v) is 3.41. The normalized spacial score (nSPS) is 11.8. The number of carbonyl (C=O) groups excluding carboxylic acids is 1. The van der Waals surface area contributed by atoms with Gasteiger partial charge in [-0.05, 0) is 42.0 Å². The Bertz CT molecular complexity index is 647. The Hall–Kier alpha value is -1.78. The molecule has 1 atom stereocenters. The predicted molar refractivity (Wildman–Crippen MR) is 81.2 cm³/mol. The van der Waals surface area contributed by atoms with Gasteiger partial charge in [-0.3, -0.25) is 0 Å². The highest BCUT2D eigenvalue weighted by atomic mass is 35.5. The Balaban J connectivity index is 2.31. The van der Waals surface area contributed by atoms with Crippen LogP contribution in [0.5, 0.6) is 0 Å². The summed E-state index contributed by atoms with van der Waals surface area (Å²) in [7, 11) is 1.28. The summed E-state index contributed by atoms with van der Waals surface area (Å²) in [6.45, 7) is 0. The number of methoxy groups -OCH3 is 1. The van der Waals surface area contributed by atoms with Gasteiger partial charge in [-0.15, -0.1) is 0 Å². The first kappa shape index (κ1) is 15.6. The van der Waals surface area contributed by atoms with Gasteiger partial charge in [0.25, 0.3) is 0 Å². The van der Waals surface area contributed by atoms with Gasteiger partial charge in [-0.1, -0.05) is 29.3 Å². The molecule has 2 aromatic rings. The van der Waals surface area contributed by atoms with Crippen molar-refractivity contribution in [2.24, 2.45) is 0 Å². The zero-order chi connectivity index (χ0) is 15.4. The van der Waals surface area contributed by atoms with E-state index in [1.807, 2.05) is 0 Å². The van der Waals surface area contributed by atoms with E-state index in [-0.39, 0.29) is 5.02 Å². The molecule has 110 valence electrons. The molecule has 0 aromatic heterocycles. The number of esters is 1. The first-order chi connectivity index (χ1) is 10.0. The van der Waals surface area contributed by atoms with E-state index in [2.05, 4.69) is 5.32 Å². The molecule has 0 saturated carbocycles. The molecule has 0 radical (unpaired) electrons. The molecule has 0 fully saturated rings. The highest BCUT2D eigenvalue weighted by Crippen LogP contribution is 2.25. The summed E-state index contributed by atoms with van der Waals surface area (Å²) >= 11 is 11.6. The Labute approximate surface area is 131 Å². The van der Waals surface area contributed by atoms with Crippen LogP contribution in [0.25, 0.3) is 0 Å². The van der Waals surface area contributed by atoms with E-state index in [0.717, 1.165) is 0 Å². The third-order valence-electron chi connectivity index (χ3n) is 2.87. The molecule has 21 heavy (non-hydrogen) atoms. The predicted octanol–water partition coefficient (Wildman–Crippen LogP) is 4.46. The molecule has 0 spiro atoms. The van der Waals surface area contributed by atoms with Gasteiger partial charge in [0.15, 0.2) is 6.04 Å². The molecule has 1 unspecified atom stereocenters. The lowest BCUT2D eigenvalue weighted by atomic mass is 10.1. The second kappa shape index (κ2) is 6.78. The Morgan fingerprint density at radius 1 is 1.19 bits per heavy atom. The largest absolute Gasteiger partial charge is 0.467 e. The molecule has 2 aromatic carbocycles. The smallest absolute Gasteiger partial charge is 0.332 e. The highest BCUT2D eigenvalue weighted by molar-refractivity contribution is 6.31. The fourth-order valence-corrected chi connectivity index (χ4v) is 2.12. The average molecular weight is 328 g/mol. The number of benzene rings is 2. The topological polar surface area (TPSA) is 38.3 Å². The summed E-state index contributed by atoms with van der Waals surface area (Å²) in [6, 6.07) is 10.1. The van der Waals surface area contributed by atoms with Gasteiger partial charge in [-0.25, -0.2) is 9.18 Å². The number of hydrogen-bond donors (Lipinski definition) is 1. The van der Waals surface area contributed by atoms with Crippen LogP contribution in [-0.4, -0.2) is 13.1 Å². The molecule has 0 aliphatic rings. The number of rotatable bonds is 4. The van der Waals surface area contributed by atoms with Gasteiger partial charge >= 0.3 is 5.97 Å². The average Bonchev–Trinajstić information content (AvgIpc) is 2.49. The summed E-state index contributed by atoms with van der Waals surface area (Å²) in [4.78, 5) is 11.9. The fourth-order valence-electron chi connectivity index (χ4n) is 1.80. The van der Waals surface area contributed by atoms with Crippen LogP contribution >= 0.6 is 23.2 Å². The van der Waals surface area contributed by atoms with Crippen molar-refractivity contribution >= 4 is 34.9 Å². The molecule has 2 rings (SSSR count). The molecular formula is C15H12Cl2FNO2. The van der Waals surface area contributed by atoms with E-state index in [1.54, 1.807) is 24.3 Å². The van der Waals surface area contributed by atoms with Gasteiger partial charge in [0.1, 0.15) is 5.82 Å². The molecule has 3 nitrogen and oxygen atoms in total. The van der Waals surface area contributed by atoms with Crippen molar-refractivity contribution in [2.45, 2.75) is 6.04 Å². The standard InChI is InChI=1S/C15H12Cl2FNO2/c1-21-15(20)14(9-2-7-13(18)12(17)8-9)19-11-5-3-10(16)4-6-11/h2-8,14,19H,1H3. The number of ether oxygens (including phenoxy) is 1. The van der Waals surface area contributed by atoms with Crippen LogP contribution in [0.1, 0.15) is 11.6 Å². The van der Waals surface area contributed by atoms with Crippen molar-refractivity contribution < 1.29 is 13.9 Å². The molecule has 1 N–H and O–H groups in total. The molecule has 0 bridgehead atoms. The van der Waals surface area contributed by atoms with Gasteiger partial charge in [0.05, 0.1) is 12.1 Å². The van der Waals surface area contributed by atoms with Crippen molar-refractivity contribution in [3.8, 4) is 0 Å². The summed E-state index contributed by atoms with van der Waals surface area (Å²) < 4.78 is 18.0. The Kier molecular flexibility index (Phi) is 5.04. The van der Waals surface area contributed by atoms with Crippen LogP contribution in [-0.2, 0) is 9.53 Å². The molecule has 0 saturated heterocycles. The van der Waals surface area contributed by atoms with Crippen LogP contribution in [0.4, 0.5) is 10.1 Å². The minimum atomic E-state index is -0.797. The van der Waals surface area contributed by atoms with E-state index in [1.165, 1.54) is 25.3 Å². The maximum absolute atomic E-state index is 13.2. The van der Waals surface area contributed by atoms with Crippen LogP contribution in [0.3, 0.4) is 0 Å². The molecular weight excluding hydrogens is 316 g/mol. The maximum Gasteiger partial charge on any atom is 0.332 e. The number of carbonyl (C=O) groups is 1. The summed E-state index contributed by atoms with van der Waals surface area (Å²) in [5.74, 6) is -1.05. The number of nitrogens with one attached hydrogen (secondary N) is 1. The van der Waals surface area contributed by atoms with Gasteiger partial charge in [0, 0.05) is 10.7 Å². The molecule has 0 amide bonds. The van der Waals surface area contributed by atoms with E-state index in [4.69, 9.17) is 27.9 Å². The van der Waals surface area contributed by atoms with E-state index in [9.17, 15) is 9.18 Å². The second-order valence-electron chi connectivity index (χ2n) is 4.28. The quantitative estimate of drug-likeness (QED) is 0.842. The third kappa shape index (κ3) is 3.86. The Morgan fingerprint density at radius 2 is 1.86 bits per heavy atom. The van der Waals surface area contributed by atoms with Gasteiger partial charge in [-0.2, -0.15) is 0 Å². The van der Waals surface area contributed by atoms with Crippen LogP contribution < -0.4 is 5.32 Å². The summed E-state index contributed by atoms with van der Waals surface area (Å²) in [5, 5.41) is 3.53. The zero-order valence-electron chi connectivity index (χ0n) is 11.1. The van der Waals surface area contributed by atoms with Crippen LogP contribution in [0.2, 0.25) is 10.0 Å². The fraction of sp³-hybridized carbons (Fsp3) is 0.133. The minimum absolute atomic E-state index is 0.0562. The lowest BCUT2D eigenvalue weighted by Gasteiger charge is -2.18. The van der Waals surface area contributed by atoms with Crippen LogP contribution in [0.15, 0.2) is 42.5 Å². The van der Waals surface area contributed by atoms with Crippen molar-refractivity contribution in [1.82, 2.24) is 0 Å². The molecule has 0 aliphatic heterocycles. The minimum Gasteiger partial charge on any atom is -0.467 e. The van der Waals surface area contributed by atoms with Gasteiger partial charge in [0.2, 0.25) is 0 Å². The lowest BCUT2D eigenvalue weighted by Crippen LogP contribution is -2.22. The molecule has 0 heterocycles. The maximum atomic E-state index is 13.2. The Morgan fingerprint density at radius 3 is 2.43 bits per heavy atom. The summed E-state index contributed by atoms with van der Waals surface area (Å²) in [5.41, 5.74) is 1.18. The number of anilines is 1. The van der Waals surface area contributed by atoms with Crippen LogP contribution in [0, 0.1) is 5.82 Å². The monoisotopic (exact) mass is 327 g/mol. The van der Waals surface area contributed by atoms with E-state index in [0.29, 0.717) is 16.3 Å². The van der Waals surface area contributed by atoms with E-state index < -0.39 is 17.8 Å². The van der Waals surface area contributed by atoms with Crippen molar-refractivity contribution in [2.75, 3.05) is 12.4 Å². The van der Waals surface area contributed by atoms with E-state index >= 15 is 0 Å². The number of hydrogen-bond acceptors (Lipinski definition) is 3. The number of halogens is 3.